The molecule has 2 aliphatic rings. The van der Waals surface area contributed by atoms with Gasteiger partial charge in [0.1, 0.15) is 0 Å². The lowest BCUT2D eigenvalue weighted by Crippen LogP contribution is -2.27. The maximum Gasteiger partial charge on any atom is 0.0576 e. The fraction of sp³-hybridized carbons (Fsp3) is 1.00. The molecule has 0 spiro atoms. The van der Waals surface area contributed by atoms with Crippen LogP contribution in [-0.4, -0.2) is 37.6 Å². The molecule has 0 aromatic carbocycles. The van der Waals surface area contributed by atoms with E-state index in [0.717, 1.165) is 39.1 Å². The van der Waals surface area contributed by atoms with Crippen LogP contribution >= 0.6 is 0 Å². The molecule has 0 saturated carbocycles. The van der Waals surface area contributed by atoms with Crippen molar-refractivity contribution in [3.8, 4) is 0 Å². The lowest BCUT2D eigenvalue weighted by molar-refractivity contribution is 0.0546. The zero-order valence-electron chi connectivity index (χ0n) is 8.71. The van der Waals surface area contributed by atoms with Crippen LogP contribution in [0.4, 0.5) is 0 Å². The molecule has 2 aliphatic heterocycles. The lowest BCUT2D eigenvalue weighted by atomic mass is 9.82. The van der Waals surface area contributed by atoms with Gasteiger partial charge in [0.05, 0.1) is 19.3 Å². The van der Waals surface area contributed by atoms with Crippen LogP contribution in [0.25, 0.3) is 0 Å². The SMILES string of the molecule is OCC1(CCC2CCCO2)CCOC1. The Morgan fingerprint density at radius 3 is 2.86 bits per heavy atom. The quantitative estimate of drug-likeness (QED) is 0.744. The summed E-state index contributed by atoms with van der Waals surface area (Å²) in [7, 11) is 0. The van der Waals surface area contributed by atoms with Crippen LogP contribution in [0.2, 0.25) is 0 Å². The zero-order valence-corrected chi connectivity index (χ0v) is 8.71. The van der Waals surface area contributed by atoms with E-state index in [1.54, 1.807) is 0 Å². The van der Waals surface area contributed by atoms with Crippen molar-refractivity contribution in [1.82, 2.24) is 0 Å². The number of aliphatic hydroxyl groups is 1. The Balaban J connectivity index is 1.76. The second-order valence-corrected chi connectivity index (χ2v) is 4.63. The minimum absolute atomic E-state index is 0.0476. The Morgan fingerprint density at radius 2 is 2.29 bits per heavy atom. The number of hydrogen-bond acceptors (Lipinski definition) is 3. The van der Waals surface area contributed by atoms with Gasteiger partial charge in [-0.2, -0.15) is 0 Å². The van der Waals surface area contributed by atoms with E-state index in [4.69, 9.17) is 9.47 Å². The highest BCUT2D eigenvalue weighted by Gasteiger charge is 2.34. The fourth-order valence-corrected chi connectivity index (χ4v) is 2.39. The Morgan fingerprint density at radius 1 is 1.36 bits per heavy atom. The van der Waals surface area contributed by atoms with Crippen molar-refractivity contribution in [2.45, 2.75) is 38.2 Å². The van der Waals surface area contributed by atoms with Gasteiger partial charge in [-0.1, -0.05) is 0 Å². The van der Waals surface area contributed by atoms with Gasteiger partial charge in [-0.25, -0.2) is 0 Å². The predicted molar refractivity (Wildman–Crippen MR) is 53.2 cm³/mol. The lowest BCUT2D eigenvalue weighted by Gasteiger charge is -2.25. The van der Waals surface area contributed by atoms with Crippen LogP contribution < -0.4 is 0 Å². The Kier molecular flexibility index (Phi) is 3.42. The zero-order chi connectivity index (χ0) is 9.86. The van der Waals surface area contributed by atoms with Gasteiger partial charge in [0, 0.05) is 18.6 Å². The van der Waals surface area contributed by atoms with E-state index >= 15 is 0 Å². The second-order valence-electron chi connectivity index (χ2n) is 4.63. The first-order valence-electron chi connectivity index (χ1n) is 5.65. The maximum atomic E-state index is 9.37. The highest BCUT2D eigenvalue weighted by atomic mass is 16.5. The summed E-state index contributed by atoms with van der Waals surface area (Å²) in [5, 5.41) is 9.37. The summed E-state index contributed by atoms with van der Waals surface area (Å²) in [5.74, 6) is 0. The van der Waals surface area contributed by atoms with Crippen LogP contribution in [0.15, 0.2) is 0 Å². The molecule has 1 N–H and O–H groups in total. The molecule has 2 rings (SSSR count). The molecule has 2 saturated heterocycles. The number of ether oxygens (including phenoxy) is 2. The van der Waals surface area contributed by atoms with E-state index in [0.29, 0.717) is 6.10 Å². The third kappa shape index (κ3) is 2.27. The highest BCUT2D eigenvalue weighted by molar-refractivity contribution is 4.84. The Hall–Kier alpha value is -0.120. The van der Waals surface area contributed by atoms with Crippen LogP contribution in [0, 0.1) is 5.41 Å². The van der Waals surface area contributed by atoms with Crippen molar-refractivity contribution in [2.24, 2.45) is 5.41 Å². The summed E-state index contributed by atoms with van der Waals surface area (Å²) in [4.78, 5) is 0. The van der Waals surface area contributed by atoms with Crippen molar-refractivity contribution >= 4 is 0 Å². The predicted octanol–water partition coefficient (Wildman–Crippen LogP) is 1.34. The summed E-state index contributed by atoms with van der Waals surface area (Å²) in [6, 6.07) is 0. The Labute approximate surface area is 85.4 Å². The molecule has 0 amide bonds. The van der Waals surface area contributed by atoms with Crippen molar-refractivity contribution in [3.63, 3.8) is 0 Å². The molecule has 0 aromatic rings. The van der Waals surface area contributed by atoms with Crippen LogP contribution in [0.1, 0.15) is 32.1 Å². The Bertz CT molecular complexity index is 169. The molecule has 3 heteroatoms. The molecule has 2 unspecified atom stereocenters. The molecule has 82 valence electrons. The second kappa shape index (κ2) is 4.60. The van der Waals surface area contributed by atoms with Crippen LogP contribution in [0.3, 0.4) is 0 Å². The van der Waals surface area contributed by atoms with E-state index in [9.17, 15) is 5.11 Å². The average molecular weight is 200 g/mol. The summed E-state index contributed by atoms with van der Waals surface area (Å²) < 4.78 is 10.9. The molecule has 2 atom stereocenters. The van der Waals surface area contributed by atoms with Crippen molar-refractivity contribution in [1.29, 1.82) is 0 Å². The minimum Gasteiger partial charge on any atom is -0.396 e. The minimum atomic E-state index is 0.0476. The molecule has 14 heavy (non-hydrogen) atoms. The molecular formula is C11H20O3. The number of rotatable bonds is 4. The molecule has 0 bridgehead atoms. The topological polar surface area (TPSA) is 38.7 Å². The highest BCUT2D eigenvalue weighted by Crippen LogP contribution is 2.34. The van der Waals surface area contributed by atoms with Crippen molar-refractivity contribution in [3.05, 3.63) is 0 Å². The molecule has 2 heterocycles. The third-order valence-corrected chi connectivity index (χ3v) is 3.54. The van der Waals surface area contributed by atoms with E-state index in [1.807, 2.05) is 0 Å². The van der Waals surface area contributed by atoms with Gasteiger partial charge in [-0.15, -0.1) is 0 Å². The average Bonchev–Trinajstić information content (AvgIpc) is 2.87. The van der Waals surface area contributed by atoms with Gasteiger partial charge in [0.15, 0.2) is 0 Å². The number of aliphatic hydroxyl groups excluding tert-OH is 1. The van der Waals surface area contributed by atoms with Gasteiger partial charge < -0.3 is 14.6 Å². The first-order chi connectivity index (χ1) is 6.85. The molecule has 0 aromatic heterocycles. The normalized spacial score (nSPS) is 37.9. The molecule has 0 aliphatic carbocycles. The summed E-state index contributed by atoms with van der Waals surface area (Å²) >= 11 is 0. The van der Waals surface area contributed by atoms with E-state index in [2.05, 4.69) is 0 Å². The summed E-state index contributed by atoms with van der Waals surface area (Å²) in [6.07, 6.45) is 5.99. The molecular weight excluding hydrogens is 180 g/mol. The molecule has 3 nitrogen and oxygen atoms in total. The van der Waals surface area contributed by atoms with E-state index in [1.165, 1.54) is 12.8 Å². The molecule has 0 radical (unpaired) electrons. The fourth-order valence-electron chi connectivity index (χ4n) is 2.39. The van der Waals surface area contributed by atoms with Gasteiger partial charge in [-0.3, -0.25) is 0 Å². The first-order valence-corrected chi connectivity index (χ1v) is 5.65. The largest absolute Gasteiger partial charge is 0.396 e. The van der Waals surface area contributed by atoms with Gasteiger partial charge in [-0.05, 0) is 32.1 Å². The van der Waals surface area contributed by atoms with Gasteiger partial charge in [0.25, 0.3) is 0 Å². The molecule has 2 fully saturated rings. The summed E-state index contributed by atoms with van der Waals surface area (Å²) in [5.41, 5.74) is 0.0476. The summed E-state index contributed by atoms with van der Waals surface area (Å²) in [6.45, 7) is 2.73. The van der Waals surface area contributed by atoms with E-state index in [-0.39, 0.29) is 12.0 Å². The van der Waals surface area contributed by atoms with E-state index < -0.39 is 0 Å². The van der Waals surface area contributed by atoms with Crippen molar-refractivity contribution < 1.29 is 14.6 Å². The first kappa shape index (κ1) is 10.4. The number of hydrogen-bond donors (Lipinski definition) is 1. The monoisotopic (exact) mass is 200 g/mol. The van der Waals surface area contributed by atoms with Crippen molar-refractivity contribution in [2.75, 3.05) is 26.4 Å². The standard InChI is InChI=1S/C11H20O3/c12-8-11(5-7-13-9-11)4-3-10-2-1-6-14-10/h10,12H,1-9H2. The third-order valence-electron chi connectivity index (χ3n) is 3.54. The maximum absolute atomic E-state index is 9.37. The van der Waals surface area contributed by atoms with Crippen LogP contribution in [0.5, 0.6) is 0 Å². The van der Waals surface area contributed by atoms with Gasteiger partial charge in [0.2, 0.25) is 0 Å². The van der Waals surface area contributed by atoms with Gasteiger partial charge >= 0.3 is 0 Å². The smallest absolute Gasteiger partial charge is 0.0576 e. The van der Waals surface area contributed by atoms with Crippen LogP contribution in [-0.2, 0) is 9.47 Å².